The number of amides is 4. The van der Waals surface area contributed by atoms with Crippen LogP contribution in [0.3, 0.4) is 0 Å². The minimum absolute atomic E-state index is 0.0546. The lowest BCUT2D eigenvalue weighted by molar-refractivity contribution is -0.125. The Kier molecular flexibility index (Phi) is 6.06. The fourth-order valence-corrected chi connectivity index (χ4v) is 6.15. The first-order chi connectivity index (χ1) is 14.7. The second-order valence-corrected chi connectivity index (χ2v) is 10.1. The standard InChI is InChI=1S/C24H34N4O3/c1-15-4-6-20(7-5-15)25-21(29)14-28(3)16(2)22(30)26-23(31)27-24-11-17-8-18(12-24)10-19(9-17)13-24/h4-7,16-19H,8-14H2,1-3H3,(H,25,29)(H2,26,27,30,31)/t16-,17?,18?,19?,24?/m0/s1. The quantitative estimate of drug-likeness (QED) is 0.652. The van der Waals surface area contributed by atoms with Crippen molar-refractivity contribution < 1.29 is 14.4 Å². The average Bonchev–Trinajstić information content (AvgIpc) is 2.67. The van der Waals surface area contributed by atoms with Crippen molar-refractivity contribution in [2.45, 2.75) is 64.0 Å². The molecule has 1 atom stereocenters. The molecule has 0 radical (unpaired) electrons. The lowest BCUT2D eigenvalue weighted by atomic mass is 9.53. The maximum Gasteiger partial charge on any atom is 0.321 e. The van der Waals surface area contributed by atoms with Crippen LogP contribution in [0.5, 0.6) is 0 Å². The molecule has 4 amide bonds. The second-order valence-electron chi connectivity index (χ2n) is 10.1. The van der Waals surface area contributed by atoms with E-state index in [1.54, 1.807) is 18.9 Å². The van der Waals surface area contributed by atoms with Gasteiger partial charge in [-0.1, -0.05) is 17.7 Å². The maximum absolute atomic E-state index is 12.6. The van der Waals surface area contributed by atoms with Gasteiger partial charge in [-0.15, -0.1) is 0 Å². The molecule has 0 spiro atoms. The number of aryl methyl sites for hydroxylation is 1. The molecule has 0 aliphatic heterocycles. The highest BCUT2D eigenvalue weighted by Crippen LogP contribution is 2.55. The average molecular weight is 427 g/mol. The van der Waals surface area contributed by atoms with Gasteiger partial charge in [-0.2, -0.15) is 0 Å². The van der Waals surface area contributed by atoms with E-state index in [2.05, 4.69) is 16.0 Å². The van der Waals surface area contributed by atoms with Crippen LogP contribution in [0.2, 0.25) is 0 Å². The zero-order valence-electron chi connectivity index (χ0n) is 18.7. The number of likely N-dealkylation sites (N-methyl/N-ethyl adjacent to an activating group) is 1. The molecular weight excluding hydrogens is 392 g/mol. The number of hydrogen-bond donors (Lipinski definition) is 3. The minimum atomic E-state index is -0.606. The van der Waals surface area contributed by atoms with Crippen molar-refractivity contribution in [3.05, 3.63) is 29.8 Å². The predicted octanol–water partition coefficient (Wildman–Crippen LogP) is 3.05. The van der Waals surface area contributed by atoms with E-state index in [4.69, 9.17) is 0 Å². The van der Waals surface area contributed by atoms with Gasteiger partial charge >= 0.3 is 6.03 Å². The van der Waals surface area contributed by atoms with E-state index in [9.17, 15) is 14.4 Å². The number of carbonyl (C=O) groups is 3. The summed E-state index contributed by atoms with van der Waals surface area (Å²) in [4.78, 5) is 39.2. The Morgan fingerprint density at radius 1 is 1.03 bits per heavy atom. The van der Waals surface area contributed by atoms with E-state index in [0.29, 0.717) is 0 Å². The van der Waals surface area contributed by atoms with Crippen LogP contribution < -0.4 is 16.0 Å². The van der Waals surface area contributed by atoms with Gasteiger partial charge in [0, 0.05) is 11.2 Å². The normalized spacial score (nSPS) is 29.5. The van der Waals surface area contributed by atoms with E-state index in [0.717, 1.165) is 48.3 Å². The number of anilines is 1. The molecule has 31 heavy (non-hydrogen) atoms. The Hall–Kier alpha value is -2.41. The van der Waals surface area contributed by atoms with Crippen molar-refractivity contribution in [3.8, 4) is 0 Å². The number of urea groups is 1. The SMILES string of the molecule is Cc1ccc(NC(=O)CN(C)[C@@H](C)C(=O)NC(=O)NC23CC4CC(CC(C4)C2)C3)cc1. The molecule has 1 aromatic carbocycles. The minimum Gasteiger partial charge on any atom is -0.332 e. The van der Waals surface area contributed by atoms with Crippen molar-refractivity contribution in [2.24, 2.45) is 17.8 Å². The van der Waals surface area contributed by atoms with Gasteiger partial charge in [-0.25, -0.2) is 4.79 Å². The van der Waals surface area contributed by atoms with Gasteiger partial charge in [0.15, 0.2) is 0 Å². The largest absolute Gasteiger partial charge is 0.332 e. The van der Waals surface area contributed by atoms with Crippen molar-refractivity contribution >= 4 is 23.5 Å². The Labute approximate surface area is 184 Å². The van der Waals surface area contributed by atoms with Crippen LogP contribution in [0, 0.1) is 24.7 Å². The number of nitrogens with zero attached hydrogens (tertiary/aromatic N) is 1. The van der Waals surface area contributed by atoms with Crippen molar-refractivity contribution in [2.75, 3.05) is 18.9 Å². The monoisotopic (exact) mass is 426 g/mol. The van der Waals surface area contributed by atoms with Crippen molar-refractivity contribution in [3.63, 3.8) is 0 Å². The van der Waals surface area contributed by atoms with Crippen LogP contribution >= 0.6 is 0 Å². The molecule has 168 valence electrons. The van der Waals surface area contributed by atoms with Crippen LogP contribution in [0.25, 0.3) is 0 Å². The highest BCUT2D eigenvalue weighted by Gasteiger charge is 2.51. The summed E-state index contributed by atoms with van der Waals surface area (Å²) < 4.78 is 0. The molecule has 0 unspecified atom stereocenters. The number of rotatable bonds is 6. The molecule has 4 aliphatic rings. The van der Waals surface area contributed by atoms with Gasteiger partial charge in [0.05, 0.1) is 12.6 Å². The maximum atomic E-state index is 12.6. The first-order valence-electron chi connectivity index (χ1n) is 11.4. The third-order valence-electron chi connectivity index (χ3n) is 7.42. The Bertz CT molecular complexity index is 816. The zero-order chi connectivity index (χ0) is 22.2. The molecule has 0 aromatic heterocycles. The van der Waals surface area contributed by atoms with E-state index < -0.39 is 18.0 Å². The summed E-state index contributed by atoms with van der Waals surface area (Å²) in [5.41, 5.74) is 1.70. The van der Waals surface area contributed by atoms with Gasteiger partial charge in [0.25, 0.3) is 0 Å². The molecule has 7 heteroatoms. The molecule has 0 heterocycles. The topological polar surface area (TPSA) is 90.5 Å². The molecule has 4 aliphatic carbocycles. The summed E-state index contributed by atoms with van der Waals surface area (Å²) in [6.07, 6.45) is 7.01. The first kappa shape index (κ1) is 21.8. The molecule has 4 saturated carbocycles. The van der Waals surface area contributed by atoms with Crippen LogP contribution in [0.1, 0.15) is 51.0 Å². The molecule has 4 fully saturated rings. The number of benzene rings is 1. The van der Waals surface area contributed by atoms with E-state index in [1.165, 1.54) is 19.3 Å². The second kappa shape index (κ2) is 8.61. The predicted molar refractivity (Wildman–Crippen MR) is 119 cm³/mol. The third kappa shape index (κ3) is 5.09. The van der Waals surface area contributed by atoms with E-state index in [-0.39, 0.29) is 18.0 Å². The van der Waals surface area contributed by atoms with Gasteiger partial charge in [0.2, 0.25) is 11.8 Å². The van der Waals surface area contributed by atoms with Crippen LogP contribution in [-0.2, 0) is 9.59 Å². The van der Waals surface area contributed by atoms with Gasteiger partial charge in [0.1, 0.15) is 0 Å². The molecule has 3 N–H and O–H groups in total. The number of carbonyl (C=O) groups excluding carboxylic acids is 3. The highest BCUT2D eigenvalue weighted by atomic mass is 16.2. The highest BCUT2D eigenvalue weighted by molar-refractivity contribution is 5.98. The third-order valence-corrected chi connectivity index (χ3v) is 7.42. The van der Waals surface area contributed by atoms with Crippen LogP contribution in [0.4, 0.5) is 10.5 Å². The summed E-state index contributed by atoms with van der Waals surface area (Å²) in [5, 5.41) is 8.49. The van der Waals surface area contributed by atoms with Crippen LogP contribution in [-0.4, -0.2) is 47.9 Å². The van der Waals surface area contributed by atoms with Gasteiger partial charge in [-0.05, 0) is 89.3 Å². The molecular formula is C24H34N4O3. The fraction of sp³-hybridized carbons (Fsp3) is 0.625. The first-order valence-corrected chi connectivity index (χ1v) is 11.4. The van der Waals surface area contributed by atoms with E-state index >= 15 is 0 Å². The van der Waals surface area contributed by atoms with Gasteiger partial charge in [-0.3, -0.25) is 19.8 Å². The van der Waals surface area contributed by atoms with Gasteiger partial charge < -0.3 is 10.6 Å². The lowest BCUT2D eigenvalue weighted by Gasteiger charge is -2.56. The van der Waals surface area contributed by atoms with E-state index in [1.807, 2.05) is 31.2 Å². The fourth-order valence-electron chi connectivity index (χ4n) is 6.15. The molecule has 7 nitrogen and oxygen atoms in total. The molecule has 5 rings (SSSR count). The van der Waals surface area contributed by atoms with Crippen molar-refractivity contribution in [1.29, 1.82) is 0 Å². The molecule has 1 aromatic rings. The van der Waals surface area contributed by atoms with Crippen molar-refractivity contribution in [1.82, 2.24) is 15.5 Å². The molecule has 0 saturated heterocycles. The number of hydrogen-bond acceptors (Lipinski definition) is 4. The number of imide groups is 1. The summed E-state index contributed by atoms with van der Waals surface area (Å²) in [6.45, 7) is 3.74. The smallest absolute Gasteiger partial charge is 0.321 e. The summed E-state index contributed by atoms with van der Waals surface area (Å²) in [7, 11) is 1.70. The lowest BCUT2D eigenvalue weighted by Crippen LogP contribution is -2.62. The van der Waals surface area contributed by atoms with Crippen LogP contribution in [0.15, 0.2) is 24.3 Å². The summed E-state index contributed by atoms with van der Waals surface area (Å²) in [6, 6.07) is 6.54. The Morgan fingerprint density at radius 3 is 2.13 bits per heavy atom. The number of nitrogens with one attached hydrogen (secondary N) is 3. The Morgan fingerprint density at radius 2 is 1.58 bits per heavy atom. The summed E-state index contributed by atoms with van der Waals surface area (Å²) >= 11 is 0. The Balaban J connectivity index is 1.25. The zero-order valence-corrected chi connectivity index (χ0v) is 18.7. The molecule has 4 bridgehead atoms. The summed E-state index contributed by atoms with van der Waals surface area (Å²) in [5.74, 6) is 1.56.